The maximum Gasteiger partial charge on any atom is 0.347 e. The second kappa shape index (κ2) is 3.74. The van der Waals surface area contributed by atoms with Gasteiger partial charge in [0.05, 0.1) is 6.20 Å². The number of rotatable bonds is 2. The van der Waals surface area contributed by atoms with Gasteiger partial charge in [-0.05, 0) is 18.8 Å². The Bertz CT molecular complexity index is 390. The lowest BCUT2D eigenvalue weighted by Gasteiger charge is -2.25. The number of nitrogens with one attached hydrogen (secondary N) is 2. The molecule has 1 amide bonds. The minimum absolute atomic E-state index is 0.285. The Hall–Kier alpha value is -1.21. The first-order valence-corrected chi connectivity index (χ1v) is 4.95. The first-order chi connectivity index (χ1) is 7.13. The third-order valence-electron chi connectivity index (χ3n) is 2.24. The lowest BCUT2D eigenvalue weighted by atomic mass is 10.1. The van der Waals surface area contributed by atoms with E-state index in [1.807, 2.05) is 13.8 Å². The molecule has 6 nitrogen and oxygen atoms in total. The molecule has 0 aromatic carbocycles. The maximum absolute atomic E-state index is 11.5. The van der Waals surface area contributed by atoms with Crippen molar-refractivity contribution in [3.05, 3.63) is 11.8 Å². The summed E-state index contributed by atoms with van der Waals surface area (Å²) < 4.78 is 6.01. The molecule has 15 heavy (non-hydrogen) atoms. The second-order valence-corrected chi connectivity index (χ2v) is 3.81. The highest BCUT2D eigenvalue weighted by molar-refractivity contribution is 7.75. The number of anilines is 1. The quantitative estimate of drug-likeness (QED) is 0.524. The van der Waals surface area contributed by atoms with Gasteiger partial charge >= 0.3 is 6.03 Å². The van der Waals surface area contributed by atoms with Gasteiger partial charge in [-0.25, -0.2) is 4.79 Å². The fourth-order valence-corrected chi connectivity index (χ4v) is 1.57. The Labute approximate surface area is 92.6 Å². The number of aromatic nitrogens is 2. The van der Waals surface area contributed by atoms with Crippen LogP contribution in [0.3, 0.4) is 0 Å². The predicted octanol–water partition coefficient (Wildman–Crippen LogP) is 1.13. The minimum atomic E-state index is -0.623. The van der Waals surface area contributed by atoms with Crippen molar-refractivity contribution >= 4 is 24.8 Å². The topological polar surface area (TPSA) is 68.2 Å². The second-order valence-electron chi connectivity index (χ2n) is 3.59. The summed E-state index contributed by atoms with van der Waals surface area (Å²) in [7, 11) is 0. The predicted molar refractivity (Wildman–Crippen MR) is 57.7 cm³/mol. The van der Waals surface area contributed by atoms with Crippen LogP contribution < -0.4 is 10.6 Å². The van der Waals surface area contributed by atoms with E-state index in [2.05, 4.69) is 28.6 Å². The lowest BCUT2D eigenvalue weighted by molar-refractivity contribution is 0.196. The molecule has 0 spiro atoms. The molecule has 2 rings (SSSR count). The Balaban J connectivity index is 2.40. The lowest BCUT2D eigenvalue weighted by Crippen LogP contribution is -2.48. The van der Waals surface area contributed by atoms with Gasteiger partial charge in [0.1, 0.15) is 5.82 Å². The number of fused-ring (bicyclic) bond motifs is 1. The van der Waals surface area contributed by atoms with Crippen LogP contribution >= 0.6 is 12.9 Å². The molecule has 0 radical (unpaired) electrons. The largest absolute Gasteiger partial charge is 0.347 e. The highest BCUT2D eigenvalue weighted by Crippen LogP contribution is 2.26. The molecular formula is C8H12N4O2S. The van der Waals surface area contributed by atoms with Crippen LogP contribution in [0.1, 0.15) is 25.3 Å². The molecule has 0 bridgehead atoms. The van der Waals surface area contributed by atoms with E-state index in [0.717, 1.165) is 5.56 Å². The monoisotopic (exact) mass is 228 g/mol. The average molecular weight is 228 g/mol. The number of hydrogen-bond donors (Lipinski definition) is 3. The minimum Gasteiger partial charge on any atom is -0.326 e. The molecule has 2 heterocycles. The first-order valence-electron chi connectivity index (χ1n) is 4.59. The first kappa shape index (κ1) is 10.3. The summed E-state index contributed by atoms with van der Waals surface area (Å²) in [5, 5.41) is 9.49. The Morgan fingerprint density at radius 1 is 1.60 bits per heavy atom. The normalized spacial score (nSPS) is 19.7. The molecule has 7 heteroatoms. The Kier molecular flexibility index (Phi) is 2.57. The molecule has 0 saturated carbocycles. The molecule has 1 aliphatic heterocycles. The van der Waals surface area contributed by atoms with Crippen LogP contribution in [0.5, 0.6) is 0 Å². The summed E-state index contributed by atoms with van der Waals surface area (Å²) >= 11 is 3.66. The average Bonchev–Trinajstić information content (AvgIpc) is 2.61. The van der Waals surface area contributed by atoms with Gasteiger partial charge in [-0.2, -0.15) is 9.78 Å². The van der Waals surface area contributed by atoms with Crippen molar-refractivity contribution in [3.63, 3.8) is 0 Å². The molecule has 1 aromatic rings. The summed E-state index contributed by atoms with van der Waals surface area (Å²) in [5.74, 6) is 0.945. The van der Waals surface area contributed by atoms with Crippen molar-refractivity contribution in [2.75, 3.05) is 5.32 Å². The van der Waals surface area contributed by atoms with Gasteiger partial charge in [0.2, 0.25) is 6.35 Å². The molecule has 2 N–H and O–H groups in total. The van der Waals surface area contributed by atoms with Gasteiger partial charge in [-0.1, -0.05) is 13.8 Å². The van der Waals surface area contributed by atoms with Crippen LogP contribution in [0.4, 0.5) is 10.6 Å². The van der Waals surface area contributed by atoms with Crippen LogP contribution in [0, 0.1) is 0 Å². The van der Waals surface area contributed by atoms with Crippen molar-refractivity contribution in [2.45, 2.75) is 26.1 Å². The van der Waals surface area contributed by atoms with Crippen LogP contribution in [-0.2, 0) is 4.18 Å². The molecule has 0 saturated heterocycles. The van der Waals surface area contributed by atoms with Crippen LogP contribution in [0.2, 0.25) is 0 Å². The number of carbonyl (C=O) groups is 1. The van der Waals surface area contributed by atoms with Gasteiger partial charge in [0.15, 0.2) is 0 Å². The number of nitrogens with zero attached hydrogens (tertiary/aromatic N) is 2. The van der Waals surface area contributed by atoms with E-state index >= 15 is 0 Å². The third kappa shape index (κ3) is 1.68. The molecular weight excluding hydrogens is 216 g/mol. The summed E-state index contributed by atoms with van der Waals surface area (Å²) in [6, 6.07) is -0.324. The van der Waals surface area contributed by atoms with Crippen molar-refractivity contribution < 1.29 is 8.98 Å². The van der Waals surface area contributed by atoms with E-state index in [-0.39, 0.29) is 11.9 Å². The van der Waals surface area contributed by atoms with Gasteiger partial charge in [0, 0.05) is 5.56 Å². The molecule has 1 aromatic heterocycles. The zero-order valence-electron chi connectivity index (χ0n) is 8.39. The van der Waals surface area contributed by atoms with Crippen LogP contribution in [0.25, 0.3) is 0 Å². The SMILES string of the molecule is CC(C)c1cnn2c1NC(OS)NC2=O. The van der Waals surface area contributed by atoms with Crippen LogP contribution in [0.15, 0.2) is 6.20 Å². The highest BCUT2D eigenvalue weighted by atomic mass is 32.1. The fourth-order valence-electron chi connectivity index (χ4n) is 1.47. The molecule has 0 fully saturated rings. The number of hydrogen-bond acceptors (Lipinski definition) is 5. The van der Waals surface area contributed by atoms with E-state index in [0.29, 0.717) is 5.82 Å². The van der Waals surface area contributed by atoms with Gasteiger partial charge < -0.3 is 5.32 Å². The van der Waals surface area contributed by atoms with Crippen molar-refractivity contribution in [2.24, 2.45) is 0 Å². The molecule has 82 valence electrons. The third-order valence-corrected chi connectivity index (χ3v) is 2.45. The Morgan fingerprint density at radius 3 is 2.93 bits per heavy atom. The maximum atomic E-state index is 11.5. The summed E-state index contributed by atoms with van der Waals surface area (Å²) in [6.07, 6.45) is 1.05. The number of carbonyl (C=O) groups excluding carboxylic acids is 1. The van der Waals surface area contributed by atoms with Gasteiger partial charge in [-0.3, -0.25) is 9.50 Å². The van der Waals surface area contributed by atoms with Gasteiger partial charge in [0.25, 0.3) is 0 Å². The van der Waals surface area contributed by atoms with Crippen LogP contribution in [-0.4, -0.2) is 22.2 Å². The molecule has 1 unspecified atom stereocenters. The van der Waals surface area contributed by atoms with Crippen molar-refractivity contribution in [1.82, 2.24) is 15.1 Å². The zero-order valence-corrected chi connectivity index (χ0v) is 9.28. The molecule has 0 aliphatic carbocycles. The molecule has 1 atom stereocenters. The summed E-state index contributed by atoms with van der Waals surface area (Å²) in [6.45, 7) is 4.06. The van der Waals surface area contributed by atoms with E-state index in [4.69, 9.17) is 4.18 Å². The number of thiol groups is 1. The van der Waals surface area contributed by atoms with E-state index in [1.54, 1.807) is 6.20 Å². The molecule has 1 aliphatic rings. The highest BCUT2D eigenvalue weighted by Gasteiger charge is 2.27. The number of amides is 1. The van der Waals surface area contributed by atoms with Gasteiger partial charge in [-0.15, -0.1) is 0 Å². The van der Waals surface area contributed by atoms with E-state index < -0.39 is 6.35 Å². The van der Waals surface area contributed by atoms with E-state index in [9.17, 15) is 4.79 Å². The van der Waals surface area contributed by atoms with Crippen molar-refractivity contribution in [1.29, 1.82) is 0 Å². The fraction of sp³-hybridized carbons (Fsp3) is 0.500. The smallest absolute Gasteiger partial charge is 0.326 e. The Morgan fingerprint density at radius 2 is 2.33 bits per heavy atom. The summed E-state index contributed by atoms with van der Waals surface area (Å²) in [5.41, 5.74) is 0.972. The van der Waals surface area contributed by atoms with E-state index in [1.165, 1.54) is 4.68 Å². The van der Waals surface area contributed by atoms with Crippen molar-refractivity contribution in [3.8, 4) is 0 Å². The zero-order chi connectivity index (χ0) is 11.0. The standard InChI is InChI=1S/C8H12N4O2S/c1-4(2)5-3-9-12-6(5)10-7(14-15)11-8(12)13/h3-4,7,10,15H,1-2H3,(H,11,13). The summed E-state index contributed by atoms with van der Waals surface area (Å²) in [4.78, 5) is 11.5.